The van der Waals surface area contributed by atoms with E-state index in [9.17, 15) is 4.79 Å². The molecule has 33 heavy (non-hydrogen) atoms. The normalized spacial score (nSPS) is 11.7. The zero-order valence-corrected chi connectivity index (χ0v) is 19.8. The van der Waals surface area contributed by atoms with Crippen LogP contribution in [0.5, 0.6) is 5.75 Å². The molecule has 3 aromatic carbocycles. The summed E-state index contributed by atoms with van der Waals surface area (Å²) in [5.41, 5.74) is 2.65. The van der Waals surface area contributed by atoms with Gasteiger partial charge in [0.25, 0.3) is 0 Å². The van der Waals surface area contributed by atoms with Gasteiger partial charge >= 0.3 is 0 Å². The molecule has 0 fully saturated rings. The molecule has 0 aliphatic heterocycles. The first-order valence-corrected chi connectivity index (χ1v) is 11.7. The molecule has 0 aliphatic rings. The Balaban J connectivity index is 1.62. The van der Waals surface area contributed by atoms with Crippen molar-refractivity contribution in [3.05, 3.63) is 89.4 Å². The second-order valence-electron chi connectivity index (χ2n) is 7.28. The number of nitrogens with one attached hydrogen (secondary N) is 1. The predicted molar refractivity (Wildman–Crippen MR) is 132 cm³/mol. The molecule has 1 atom stereocenters. The number of methoxy groups -OCH3 is 1. The van der Waals surface area contributed by atoms with E-state index in [0.29, 0.717) is 22.5 Å². The van der Waals surface area contributed by atoms with Crippen molar-refractivity contribution in [2.24, 2.45) is 0 Å². The van der Waals surface area contributed by atoms with Gasteiger partial charge in [-0.15, -0.1) is 10.2 Å². The van der Waals surface area contributed by atoms with Gasteiger partial charge in [0.1, 0.15) is 5.75 Å². The van der Waals surface area contributed by atoms with Crippen molar-refractivity contribution in [1.29, 1.82) is 0 Å². The van der Waals surface area contributed by atoms with Crippen LogP contribution in [0, 0.1) is 0 Å². The minimum Gasteiger partial charge on any atom is -0.497 e. The number of halogens is 1. The topological polar surface area (TPSA) is 69.0 Å². The first kappa shape index (κ1) is 22.9. The summed E-state index contributed by atoms with van der Waals surface area (Å²) in [4.78, 5) is 12.8. The SMILES string of the molecule is COc1ccc(-n2c(SC(C)C(=O)NCc3ccccc3)nnc2-c2ccccc2Cl)cc1. The van der Waals surface area contributed by atoms with Crippen LogP contribution in [0.3, 0.4) is 0 Å². The quantitative estimate of drug-likeness (QED) is 0.344. The van der Waals surface area contributed by atoms with Crippen LogP contribution in [0.2, 0.25) is 5.02 Å². The zero-order valence-electron chi connectivity index (χ0n) is 18.2. The van der Waals surface area contributed by atoms with Crippen molar-refractivity contribution < 1.29 is 9.53 Å². The van der Waals surface area contributed by atoms with Crippen molar-refractivity contribution >= 4 is 29.3 Å². The second kappa shape index (κ2) is 10.6. The largest absolute Gasteiger partial charge is 0.497 e. The summed E-state index contributed by atoms with van der Waals surface area (Å²) in [7, 11) is 1.62. The molecule has 0 aliphatic carbocycles. The summed E-state index contributed by atoms with van der Waals surface area (Å²) in [5.74, 6) is 1.27. The summed E-state index contributed by atoms with van der Waals surface area (Å²) in [6.45, 7) is 2.33. The minimum atomic E-state index is -0.381. The first-order chi connectivity index (χ1) is 16.1. The smallest absolute Gasteiger partial charge is 0.233 e. The number of thioether (sulfide) groups is 1. The lowest BCUT2D eigenvalue weighted by Gasteiger charge is -2.15. The summed E-state index contributed by atoms with van der Waals surface area (Å²) in [6, 6.07) is 24.9. The Morgan fingerprint density at radius 3 is 2.42 bits per heavy atom. The Labute approximate surface area is 202 Å². The van der Waals surface area contributed by atoms with Crippen LogP contribution in [0.15, 0.2) is 84.0 Å². The van der Waals surface area contributed by atoms with Crippen LogP contribution in [-0.4, -0.2) is 33.0 Å². The number of amides is 1. The van der Waals surface area contributed by atoms with Crippen LogP contribution in [0.4, 0.5) is 0 Å². The molecule has 0 radical (unpaired) electrons. The fraction of sp³-hybridized carbons (Fsp3) is 0.160. The molecular formula is C25H23ClN4O2S. The Morgan fingerprint density at radius 2 is 1.73 bits per heavy atom. The number of rotatable bonds is 8. The lowest BCUT2D eigenvalue weighted by atomic mass is 10.2. The third kappa shape index (κ3) is 5.38. The average molecular weight is 479 g/mol. The molecule has 168 valence electrons. The van der Waals surface area contributed by atoms with E-state index >= 15 is 0 Å². The van der Waals surface area contributed by atoms with E-state index in [1.54, 1.807) is 7.11 Å². The minimum absolute atomic E-state index is 0.0765. The van der Waals surface area contributed by atoms with Gasteiger partial charge < -0.3 is 10.1 Å². The van der Waals surface area contributed by atoms with E-state index in [4.69, 9.17) is 16.3 Å². The zero-order chi connectivity index (χ0) is 23.2. The molecule has 1 amide bonds. The van der Waals surface area contributed by atoms with Crippen molar-refractivity contribution in [1.82, 2.24) is 20.1 Å². The van der Waals surface area contributed by atoms with Crippen molar-refractivity contribution in [2.45, 2.75) is 23.9 Å². The molecule has 8 heteroatoms. The number of nitrogens with zero attached hydrogens (tertiary/aromatic N) is 3. The molecule has 1 N–H and O–H groups in total. The number of aromatic nitrogens is 3. The summed E-state index contributed by atoms with van der Waals surface area (Å²) < 4.78 is 7.20. The van der Waals surface area contributed by atoms with E-state index in [1.807, 2.05) is 90.4 Å². The maximum Gasteiger partial charge on any atom is 0.233 e. The molecule has 1 aromatic heterocycles. The van der Waals surface area contributed by atoms with Gasteiger partial charge in [0.05, 0.1) is 17.4 Å². The fourth-order valence-electron chi connectivity index (χ4n) is 3.27. The molecule has 0 spiro atoms. The molecular weight excluding hydrogens is 456 g/mol. The van der Waals surface area contributed by atoms with Gasteiger partial charge in [0.2, 0.25) is 5.91 Å². The van der Waals surface area contributed by atoms with Crippen LogP contribution >= 0.6 is 23.4 Å². The van der Waals surface area contributed by atoms with Gasteiger partial charge in [-0.1, -0.05) is 65.8 Å². The van der Waals surface area contributed by atoms with Crippen molar-refractivity contribution in [3.63, 3.8) is 0 Å². The Hall–Kier alpha value is -3.29. The van der Waals surface area contributed by atoms with E-state index in [0.717, 1.165) is 22.6 Å². The predicted octanol–water partition coefficient (Wildman–Crippen LogP) is 5.39. The van der Waals surface area contributed by atoms with E-state index in [2.05, 4.69) is 15.5 Å². The Bertz CT molecular complexity index is 1230. The van der Waals surface area contributed by atoms with Crippen LogP contribution in [0.1, 0.15) is 12.5 Å². The molecule has 4 rings (SSSR count). The summed E-state index contributed by atoms with van der Waals surface area (Å²) in [6.07, 6.45) is 0. The third-order valence-corrected chi connectivity index (χ3v) is 6.41. The monoisotopic (exact) mass is 478 g/mol. The average Bonchev–Trinajstić information content (AvgIpc) is 3.26. The number of carbonyl (C=O) groups excluding carboxylic acids is 1. The van der Waals surface area contributed by atoms with Crippen molar-refractivity contribution in [2.75, 3.05) is 7.11 Å². The molecule has 6 nitrogen and oxygen atoms in total. The molecule has 1 heterocycles. The maximum atomic E-state index is 12.8. The molecule has 0 saturated heterocycles. The van der Waals surface area contributed by atoms with Crippen LogP contribution in [0.25, 0.3) is 17.1 Å². The lowest BCUT2D eigenvalue weighted by Crippen LogP contribution is -2.30. The second-order valence-corrected chi connectivity index (χ2v) is 9.00. The molecule has 4 aromatic rings. The number of hydrogen-bond donors (Lipinski definition) is 1. The Kier molecular flexibility index (Phi) is 7.32. The van der Waals surface area contributed by atoms with Crippen LogP contribution < -0.4 is 10.1 Å². The maximum absolute atomic E-state index is 12.8. The van der Waals surface area contributed by atoms with E-state index in [-0.39, 0.29) is 11.2 Å². The number of hydrogen-bond acceptors (Lipinski definition) is 5. The molecule has 1 unspecified atom stereocenters. The lowest BCUT2D eigenvalue weighted by molar-refractivity contribution is -0.120. The highest BCUT2D eigenvalue weighted by molar-refractivity contribution is 8.00. The van der Waals surface area contributed by atoms with Gasteiger partial charge in [-0.05, 0) is 48.9 Å². The standard InChI is InChI=1S/C25H23ClN4O2S/c1-17(24(31)27-16-18-8-4-3-5-9-18)33-25-29-28-23(21-10-6-7-11-22(21)26)30(25)19-12-14-20(32-2)15-13-19/h3-15,17H,16H2,1-2H3,(H,27,31). The third-order valence-electron chi connectivity index (χ3n) is 5.04. The summed E-state index contributed by atoms with van der Waals surface area (Å²) in [5, 5.41) is 12.6. The van der Waals surface area contributed by atoms with Crippen LogP contribution in [-0.2, 0) is 11.3 Å². The fourth-order valence-corrected chi connectivity index (χ4v) is 4.38. The molecule has 0 saturated carbocycles. The highest BCUT2D eigenvalue weighted by atomic mass is 35.5. The summed E-state index contributed by atoms with van der Waals surface area (Å²) >= 11 is 7.80. The van der Waals surface area contributed by atoms with Crippen molar-refractivity contribution in [3.8, 4) is 22.8 Å². The van der Waals surface area contributed by atoms with Gasteiger partial charge in [-0.25, -0.2) is 0 Å². The number of carbonyl (C=O) groups is 1. The number of ether oxygens (including phenoxy) is 1. The molecule has 0 bridgehead atoms. The number of benzene rings is 3. The van der Waals surface area contributed by atoms with E-state index in [1.165, 1.54) is 11.8 Å². The van der Waals surface area contributed by atoms with Gasteiger partial charge in [0.15, 0.2) is 11.0 Å². The van der Waals surface area contributed by atoms with Gasteiger partial charge in [0, 0.05) is 17.8 Å². The highest BCUT2D eigenvalue weighted by Crippen LogP contribution is 2.33. The van der Waals surface area contributed by atoms with E-state index < -0.39 is 0 Å². The van der Waals surface area contributed by atoms with Gasteiger partial charge in [-0.2, -0.15) is 0 Å². The first-order valence-electron chi connectivity index (χ1n) is 10.4. The Morgan fingerprint density at radius 1 is 1.03 bits per heavy atom. The van der Waals surface area contributed by atoms with Gasteiger partial charge in [-0.3, -0.25) is 9.36 Å². The highest BCUT2D eigenvalue weighted by Gasteiger charge is 2.22.